The third-order valence-electron chi connectivity index (χ3n) is 5.69. The van der Waals surface area contributed by atoms with Crippen LogP contribution in [-0.4, -0.2) is 116 Å². The van der Waals surface area contributed by atoms with E-state index in [0.717, 1.165) is 55.8 Å². The van der Waals surface area contributed by atoms with Crippen molar-refractivity contribution in [2.24, 2.45) is 0 Å². The SMILES string of the molecule is C#CC#CC#CCOC(=C)C#CC#CC#CC#CC#CC(CC[N+](C)(C)C#CC#CC#C)=[N+](C)C.CCC[N+](C)(CCO)CCOC.S=C([S-])S.[Cl-]. The van der Waals surface area contributed by atoms with Gasteiger partial charge in [-0.05, 0) is 108 Å². The molecule has 1 unspecified atom stereocenters. The van der Waals surface area contributed by atoms with Gasteiger partial charge in [0.2, 0.25) is 5.71 Å². The van der Waals surface area contributed by atoms with Crippen molar-refractivity contribution in [3.05, 3.63) is 12.3 Å². The highest BCUT2D eigenvalue weighted by molar-refractivity contribution is 8.28. The number of nitrogens with zero attached hydrogens (tertiary/aromatic N) is 3. The second-order valence-corrected chi connectivity index (χ2v) is 12.7. The molecule has 1 atom stereocenters. The monoisotopic (exact) mass is 770 g/mol. The van der Waals surface area contributed by atoms with Gasteiger partial charge in [0, 0.05) is 19.0 Å². The van der Waals surface area contributed by atoms with E-state index in [9.17, 15) is 0 Å². The molecule has 0 aliphatic rings. The number of ether oxygens (including phenoxy) is 2. The van der Waals surface area contributed by atoms with E-state index in [4.69, 9.17) is 27.4 Å². The molecule has 6 nitrogen and oxygen atoms in total. The Kier molecular flexibility index (Phi) is 38.8. The second-order valence-electron chi connectivity index (χ2n) is 10.6. The van der Waals surface area contributed by atoms with Gasteiger partial charge in [-0.3, -0.25) is 0 Å². The van der Waals surface area contributed by atoms with Crippen LogP contribution in [0.5, 0.6) is 0 Å². The molecule has 270 valence electrons. The molecule has 0 aromatic carbocycles. The van der Waals surface area contributed by atoms with Crippen molar-refractivity contribution < 1.29 is 40.5 Å². The summed E-state index contributed by atoms with van der Waals surface area (Å²) in [5, 5.41) is 8.87. The molecule has 0 radical (unpaired) electrons. The van der Waals surface area contributed by atoms with Crippen LogP contribution in [0.3, 0.4) is 0 Å². The maximum absolute atomic E-state index is 8.87. The van der Waals surface area contributed by atoms with E-state index in [1.807, 2.05) is 32.8 Å². The molecule has 0 aromatic heterocycles. The van der Waals surface area contributed by atoms with Crippen LogP contribution in [0.4, 0.5) is 0 Å². The number of quaternary nitrogens is 2. The Balaban J connectivity index is -0.000000561. The Morgan fingerprint density at radius 2 is 1.33 bits per heavy atom. The smallest absolute Gasteiger partial charge is 0.233 e. The fourth-order valence-electron chi connectivity index (χ4n) is 3.21. The lowest BCUT2D eigenvalue weighted by atomic mass is 10.2. The number of allylic oxidation sites excluding steroid dienone is 1. The Morgan fingerprint density at radius 1 is 0.827 bits per heavy atom. The predicted octanol–water partition coefficient (Wildman–Crippen LogP) is -0.815. The van der Waals surface area contributed by atoms with Crippen LogP contribution in [-0.2, 0) is 22.1 Å². The summed E-state index contributed by atoms with van der Waals surface area (Å²) in [6.45, 7) is 10.6. The molecule has 0 rings (SSSR count). The summed E-state index contributed by atoms with van der Waals surface area (Å²) < 4.78 is 13.8. The van der Waals surface area contributed by atoms with Crippen molar-refractivity contribution in [3.63, 3.8) is 0 Å². The highest BCUT2D eigenvalue weighted by Gasteiger charge is 2.19. The van der Waals surface area contributed by atoms with Gasteiger partial charge in [0.1, 0.15) is 33.7 Å². The fraction of sp³-hybridized carbons (Fsp3) is 0.381. The number of likely N-dealkylation sites (N-methyl/N-ethyl adjacent to an activating group) is 1. The van der Waals surface area contributed by atoms with Crippen molar-refractivity contribution in [3.8, 4) is 131 Å². The highest BCUT2D eigenvalue weighted by Crippen LogP contribution is 2.03. The molecule has 52 heavy (non-hydrogen) atoms. The molecule has 0 heterocycles. The highest BCUT2D eigenvalue weighted by atomic mass is 35.5. The van der Waals surface area contributed by atoms with Crippen LogP contribution >= 0.6 is 24.8 Å². The van der Waals surface area contributed by atoms with Gasteiger partial charge in [0.25, 0.3) is 0 Å². The first-order valence-corrected chi connectivity index (χ1v) is 16.4. The van der Waals surface area contributed by atoms with Gasteiger partial charge < -0.3 is 56.3 Å². The first-order valence-electron chi connectivity index (χ1n) is 15.2. The summed E-state index contributed by atoms with van der Waals surface area (Å²) in [5.74, 6) is 49.2. The number of hydrogen-bond donors (Lipinski definition) is 2. The number of aliphatic hydroxyl groups is 1. The topological polar surface area (TPSA) is 41.7 Å². The van der Waals surface area contributed by atoms with Gasteiger partial charge in [-0.25, -0.2) is 9.06 Å². The molecule has 0 fully saturated rings. The quantitative estimate of drug-likeness (QED) is 0.0398. The van der Waals surface area contributed by atoms with Gasteiger partial charge in [0.15, 0.2) is 18.4 Å². The maximum atomic E-state index is 8.87. The van der Waals surface area contributed by atoms with E-state index in [0.29, 0.717) is 4.48 Å². The molecule has 0 saturated heterocycles. The molecule has 1 N–H and O–H groups in total. The predicted molar refractivity (Wildman–Crippen MR) is 220 cm³/mol. The average molecular weight is 771 g/mol. The number of halogens is 1. The summed E-state index contributed by atoms with van der Waals surface area (Å²) in [6, 6.07) is 3.06. The Morgan fingerprint density at radius 3 is 1.81 bits per heavy atom. The molecule has 0 bridgehead atoms. The molecule has 0 spiro atoms. The molecule has 10 heteroatoms. The molecule has 0 saturated carbocycles. The fourth-order valence-corrected chi connectivity index (χ4v) is 3.21. The van der Waals surface area contributed by atoms with Crippen LogP contribution in [0, 0.1) is 131 Å². The summed E-state index contributed by atoms with van der Waals surface area (Å²) in [5.41, 5.74) is 0.930. The summed E-state index contributed by atoms with van der Waals surface area (Å²) in [4.78, 5) is 0. The van der Waals surface area contributed by atoms with Gasteiger partial charge >= 0.3 is 0 Å². The molecule has 0 aliphatic carbocycles. The zero-order chi connectivity index (χ0) is 39.2. The van der Waals surface area contributed by atoms with Crippen LogP contribution in [0.2, 0.25) is 0 Å². The van der Waals surface area contributed by atoms with Crippen molar-refractivity contribution in [1.29, 1.82) is 0 Å². The van der Waals surface area contributed by atoms with E-state index in [2.05, 4.69) is 177 Å². The number of methoxy groups -OCH3 is 1. The first kappa shape index (κ1) is 53.9. The lowest BCUT2D eigenvalue weighted by molar-refractivity contribution is -0.910. The number of thiol groups is 1. The standard InChI is InChI=1S/C32H22N2O.C9H22NO2.CH2S3.ClH/c1-8-10-12-20-24-30-35-31(3)25-21-18-16-14-15-17-19-22-26-32(33(4)5)27-29-34(6,7)28-23-13-11-9-2;1-4-5-10(2,6-8-11)7-9-12-3;2-1(3)4;/h1-2H,3,27,29-30H2,4-7H3;11H,4-9H2,1-3H3;(H2,2,3,4);1H/q+2;+1;;/p-2. The normalized spacial score (nSPS) is 8.83. The number of thiocarbonyl (C=S) groups is 1. The van der Waals surface area contributed by atoms with Crippen molar-refractivity contribution in [2.75, 3.05) is 88.3 Å². The molecule has 0 aliphatic heterocycles. The van der Waals surface area contributed by atoms with E-state index >= 15 is 0 Å². The summed E-state index contributed by atoms with van der Waals surface area (Å²) >= 11 is 11.9. The van der Waals surface area contributed by atoms with Crippen LogP contribution in [0.1, 0.15) is 19.8 Å². The van der Waals surface area contributed by atoms with Crippen LogP contribution < -0.4 is 12.4 Å². The average Bonchev–Trinajstić information content (AvgIpc) is 3.06. The second kappa shape index (κ2) is 37.4. The minimum Gasteiger partial charge on any atom is -1.00 e. The largest absolute Gasteiger partial charge is 1.00 e. The molecular formula is C42H45ClN3O3S3+. The number of terminal acetylenes is 2. The third-order valence-corrected chi connectivity index (χ3v) is 5.69. The van der Waals surface area contributed by atoms with Gasteiger partial charge in [-0.1, -0.05) is 10.5 Å². The lowest BCUT2D eigenvalue weighted by Gasteiger charge is -2.33. The Hall–Kier alpha value is -4.84. The lowest BCUT2D eigenvalue weighted by Crippen LogP contribution is -3.00. The minimum absolute atomic E-state index is 0. The minimum atomic E-state index is 0. The van der Waals surface area contributed by atoms with Crippen molar-refractivity contribution >= 4 is 46.7 Å². The number of aliphatic hydroxyl groups excluding tert-OH is 1. The van der Waals surface area contributed by atoms with Gasteiger partial charge in [-0.2, -0.15) is 12.6 Å². The first-order chi connectivity index (χ1) is 24.2. The van der Waals surface area contributed by atoms with E-state index < -0.39 is 0 Å². The van der Waals surface area contributed by atoms with Gasteiger partial charge in [-0.15, -0.1) is 12.8 Å². The number of rotatable bonds is 12. The Bertz CT molecular complexity index is 1850. The molecule has 0 amide bonds. The van der Waals surface area contributed by atoms with Gasteiger partial charge in [0.05, 0.1) is 53.2 Å². The zero-order valence-corrected chi connectivity index (χ0v) is 34.3. The third kappa shape index (κ3) is 41.3. The Labute approximate surface area is 337 Å². The van der Waals surface area contributed by atoms with Crippen molar-refractivity contribution in [2.45, 2.75) is 19.8 Å². The maximum Gasteiger partial charge on any atom is 0.233 e. The van der Waals surface area contributed by atoms with E-state index in [-0.39, 0.29) is 34.9 Å². The van der Waals surface area contributed by atoms with Crippen LogP contribution in [0.15, 0.2) is 12.3 Å². The zero-order valence-electron chi connectivity index (χ0n) is 31.0. The summed E-state index contributed by atoms with van der Waals surface area (Å²) in [7, 11) is 11.7. The number of hydrogen-bond acceptors (Lipinski definition) is 5. The van der Waals surface area contributed by atoms with E-state index in [1.54, 1.807) is 7.11 Å². The molecular weight excluding hydrogens is 726 g/mol. The molecule has 0 aromatic rings. The van der Waals surface area contributed by atoms with Crippen molar-refractivity contribution in [1.82, 2.24) is 0 Å². The summed E-state index contributed by atoms with van der Waals surface area (Å²) in [6.07, 6.45) is 11.9. The van der Waals surface area contributed by atoms with Crippen LogP contribution in [0.25, 0.3) is 0 Å². The van der Waals surface area contributed by atoms with E-state index in [1.165, 1.54) is 0 Å².